The molecule has 0 spiro atoms. The zero-order valence-electron chi connectivity index (χ0n) is 16.9. The molecule has 4 aromatic rings. The Morgan fingerprint density at radius 2 is 1.97 bits per heavy atom. The van der Waals surface area contributed by atoms with Crippen molar-refractivity contribution in [3.63, 3.8) is 0 Å². The lowest BCUT2D eigenvalue weighted by atomic mass is 10.1. The van der Waals surface area contributed by atoms with Gasteiger partial charge in [0.15, 0.2) is 16.8 Å². The summed E-state index contributed by atoms with van der Waals surface area (Å²) in [6.07, 6.45) is -4.05. The number of likely N-dealkylation sites (tertiary alicyclic amines) is 1. The van der Waals surface area contributed by atoms with Crippen LogP contribution in [0.5, 0.6) is 0 Å². The maximum absolute atomic E-state index is 13.4. The van der Waals surface area contributed by atoms with Crippen molar-refractivity contribution in [1.29, 1.82) is 0 Å². The van der Waals surface area contributed by atoms with Crippen molar-refractivity contribution in [1.82, 2.24) is 19.5 Å². The topological polar surface area (TPSA) is 80.7 Å². The van der Waals surface area contributed by atoms with E-state index in [2.05, 4.69) is 10.1 Å². The van der Waals surface area contributed by atoms with Crippen LogP contribution in [-0.2, 0) is 6.18 Å². The molecule has 1 unspecified atom stereocenters. The Morgan fingerprint density at radius 3 is 2.75 bits per heavy atom. The molecule has 1 aromatic carbocycles. The van der Waals surface area contributed by atoms with Crippen molar-refractivity contribution in [2.24, 2.45) is 0 Å². The lowest BCUT2D eigenvalue weighted by Gasteiger charge is -2.15. The second kappa shape index (κ2) is 7.18. The molecule has 1 fully saturated rings. The molecule has 1 atom stereocenters. The van der Waals surface area contributed by atoms with E-state index in [-0.39, 0.29) is 35.0 Å². The number of alkyl halides is 3. The molecule has 10 heteroatoms. The highest BCUT2D eigenvalue weighted by atomic mass is 19.4. The van der Waals surface area contributed by atoms with Crippen LogP contribution in [0.1, 0.15) is 40.0 Å². The first-order valence-electron chi connectivity index (χ1n) is 9.97. The van der Waals surface area contributed by atoms with E-state index in [1.54, 1.807) is 24.3 Å². The number of hydrogen-bond donors (Lipinski definition) is 0. The number of fused-ring (bicyclic) bond motifs is 2. The Morgan fingerprint density at radius 1 is 1.19 bits per heavy atom. The van der Waals surface area contributed by atoms with Crippen LogP contribution in [0.3, 0.4) is 0 Å². The van der Waals surface area contributed by atoms with E-state index in [1.165, 1.54) is 24.0 Å². The molecular weight excluding hydrogens is 425 g/mol. The van der Waals surface area contributed by atoms with Crippen LogP contribution in [0.4, 0.5) is 13.2 Å². The van der Waals surface area contributed by atoms with Crippen molar-refractivity contribution in [3.05, 3.63) is 75.5 Å². The molecule has 0 saturated carbocycles. The largest absolute Gasteiger partial charge is 0.451 e. The van der Waals surface area contributed by atoms with Gasteiger partial charge in [0.25, 0.3) is 5.91 Å². The average Bonchev–Trinajstić information content (AvgIpc) is 3.39. The minimum atomic E-state index is -4.57. The van der Waals surface area contributed by atoms with Crippen LogP contribution in [0, 0.1) is 6.92 Å². The Kier molecular flexibility index (Phi) is 4.54. The van der Waals surface area contributed by atoms with E-state index in [0.29, 0.717) is 29.6 Å². The molecule has 32 heavy (non-hydrogen) atoms. The first-order valence-corrected chi connectivity index (χ1v) is 9.97. The number of para-hydroxylation sites is 1. The minimum Gasteiger partial charge on any atom is -0.451 e. The standard InChI is InChI=1S/C22H17F3N4O3/c1-12-8-19(22(23,24)25)29-20(26-12)9-15(27-29)13-6-7-28(11-13)21(31)18-10-16(30)14-4-2-3-5-17(14)32-18/h2-5,8-10,13H,6-7,11H2,1H3. The van der Waals surface area contributed by atoms with Crippen molar-refractivity contribution < 1.29 is 22.4 Å². The quantitative estimate of drug-likeness (QED) is 0.472. The highest BCUT2D eigenvalue weighted by Gasteiger charge is 2.36. The Hall–Kier alpha value is -3.69. The van der Waals surface area contributed by atoms with Crippen molar-refractivity contribution in [2.75, 3.05) is 13.1 Å². The van der Waals surface area contributed by atoms with Crippen LogP contribution >= 0.6 is 0 Å². The Labute approximate surface area is 179 Å². The van der Waals surface area contributed by atoms with Gasteiger partial charge in [0.2, 0.25) is 0 Å². The van der Waals surface area contributed by atoms with Crippen LogP contribution in [0.25, 0.3) is 16.6 Å². The SMILES string of the molecule is Cc1cc(C(F)(F)F)n2nc(C3CCN(C(=O)c4cc(=O)c5ccccc5o4)C3)cc2n1. The second-order valence-electron chi connectivity index (χ2n) is 7.83. The second-order valence-corrected chi connectivity index (χ2v) is 7.83. The summed E-state index contributed by atoms with van der Waals surface area (Å²) in [4.78, 5) is 30.9. The van der Waals surface area contributed by atoms with Gasteiger partial charge in [0.1, 0.15) is 11.3 Å². The minimum absolute atomic E-state index is 0.0685. The first kappa shape index (κ1) is 20.2. The van der Waals surface area contributed by atoms with Gasteiger partial charge in [-0.25, -0.2) is 9.50 Å². The number of benzene rings is 1. The molecule has 3 aromatic heterocycles. The third-order valence-corrected chi connectivity index (χ3v) is 5.60. The van der Waals surface area contributed by atoms with E-state index in [0.717, 1.165) is 10.6 Å². The van der Waals surface area contributed by atoms with Crippen molar-refractivity contribution in [3.8, 4) is 0 Å². The number of aromatic nitrogens is 3. The molecule has 0 radical (unpaired) electrons. The van der Waals surface area contributed by atoms with Crippen LogP contribution in [0.15, 0.2) is 51.7 Å². The molecule has 1 amide bonds. The third-order valence-electron chi connectivity index (χ3n) is 5.60. The molecule has 1 aliphatic heterocycles. The molecule has 1 saturated heterocycles. The summed E-state index contributed by atoms with van der Waals surface area (Å²) < 4.78 is 46.6. The number of hydrogen-bond acceptors (Lipinski definition) is 5. The number of amides is 1. The summed E-state index contributed by atoms with van der Waals surface area (Å²) in [5.41, 5.74) is -0.101. The van der Waals surface area contributed by atoms with Gasteiger partial charge in [0.05, 0.1) is 11.1 Å². The molecule has 0 aliphatic carbocycles. The van der Waals surface area contributed by atoms with E-state index < -0.39 is 17.8 Å². The molecule has 0 N–H and O–H groups in total. The summed E-state index contributed by atoms with van der Waals surface area (Å²) in [5, 5.41) is 4.53. The lowest BCUT2D eigenvalue weighted by Crippen LogP contribution is -2.29. The van der Waals surface area contributed by atoms with Crippen LogP contribution in [-0.4, -0.2) is 38.5 Å². The van der Waals surface area contributed by atoms with Crippen LogP contribution in [0.2, 0.25) is 0 Å². The molecule has 4 heterocycles. The van der Waals surface area contributed by atoms with Gasteiger partial charge in [-0.3, -0.25) is 9.59 Å². The first-order chi connectivity index (χ1) is 15.2. The predicted octanol–water partition coefficient (Wildman–Crippen LogP) is 3.79. The predicted molar refractivity (Wildman–Crippen MR) is 108 cm³/mol. The number of halogens is 3. The summed E-state index contributed by atoms with van der Waals surface area (Å²) in [6, 6.07) is 10.3. The van der Waals surface area contributed by atoms with Gasteiger partial charge in [-0.15, -0.1) is 0 Å². The normalized spacial score (nSPS) is 16.9. The molecule has 164 valence electrons. The van der Waals surface area contributed by atoms with Gasteiger partial charge < -0.3 is 9.32 Å². The van der Waals surface area contributed by atoms with Crippen LogP contribution < -0.4 is 5.43 Å². The van der Waals surface area contributed by atoms with Gasteiger partial charge in [-0.2, -0.15) is 18.3 Å². The Balaban J connectivity index is 1.43. The van der Waals surface area contributed by atoms with Gasteiger partial charge in [-0.05, 0) is 31.5 Å². The Bertz CT molecular complexity index is 1420. The highest BCUT2D eigenvalue weighted by molar-refractivity contribution is 5.93. The lowest BCUT2D eigenvalue weighted by molar-refractivity contribution is -0.142. The van der Waals surface area contributed by atoms with E-state index in [4.69, 9.17) is 4.42 Å². The zero-order valence-corrected chi connectivity index (χ0v) is 16.9. The van der Waals surface area contributed by atoms with E-state index in [1.807, 2.05) is 0 Å². The third kappa shape index (κ3) is 3.41. The molecule has 1 aliphatic rings. The maximum Gasteiger partial charge on any atom is 0.433 e. The van der Waals surface area contributed by atoms with Crippen molar-refractivity contribution >= 4 is 22.5 Å². The van der Waals surface area contributed by atoms with E-state index >= 15 is 0 Å². The van der Waals surface area contributed by atoms with Gasteiger partial charge >= 0.3 is 6.18 Å². The van der Waals surface area contributed by atoms with E-state index in [9.17, 15) is 22.8 Å². The monoisotopic (exact) mass is 442 g/mol. The van der Waals surface area contributed by atoms with Crippen molar-refractivity contribution in [2.45, 2.75) is 25.4 Å². The number of aryl methyl sites for hydroxylation is 1. The fraction of sp³-hybridized carbons (Fsp3) is 0.273. The average molecular weight is 442 g/mol. The number of carbonyl (C=O) groups excluding carboxylic acids is 1. The fourth-order valence-electron chi connectivity index (χ4n) is 4.07. The summed E-state index contributed by atoms with van der Waals surface area (Å²) in [7, 11) is 0. The fourth-order valence-corrected chi connectivity index (χ4v) is 4.07. The highest BCUT2D eigenvalue weighted by Crippen LogP contribution is 2.32. The number of nitrogens with zero attached hydrogens (tertiary/aromatic N) is 4. The maximum atomic E-state index is 13.4. The summed E-state index contributed by atoms with van der Waals surface area (Å²) >= 11 is 0. The van der Waals surface area contributed by atoms with Gasteiger partial charge in [0, 0.05) is 36.8 Å². The summed E-state index contributed by atoms with van der Waals surface area (Å²) in [5.74, 6) is -0.765. The number of carbonyl (C=O) groups is 1. The zero-order chi connectivity index (χ0) is 22.6. The molecule has 0 bridgehead atoms. The molecule has 7 nitrogen and oxygen atoms in total. The summed E-state index contributed by atoms with van der Waals surface area (Å²) in [6.45, 7) is 2.11. The number of rotatable bonds is 2. The molecular formula is C22H17F3N4O3. The smallest absolute Gasteiger partial charge is 0.433 e. The van der Waals surface area contributed by atoms with Gasteiger partial charge in [-0.1, -0.05) is 12.1 Å². The molecule has 5 rings (SSSR count).